The van der Waals surface area contributed by atoms with E-state index in [4.69, 9.17) is 0 Å². The molecule has 0 radical (unpaired) electrons. The molecular weight excluding hydrogens is 602 g/mol. The molecule has 0 unspecified atom stereocenters. The van der Waals surface area contributed by atoms with Gasteiger partial charge in [0, 0.05) is 53.8 Å². The van der Waals surface area contributed by atoms with E-state index in [-0.39, 0.29) is 11.9 Å². The minimum absolute atomic E-state index is 0.0168. The Morgan fingerprint density at radius 2 is 1.64 bits per heavy atom. The van der Waals surface area contributed by atoms with E-state index in [9.17, 15) is 19.2 Å². The van der Waals surface area contributed by atoms with E-state index in [0.29, 0.717) is 49.4 Å². The van der Waals surface area contributed by atoms with E-state index in [1.54, 1.807) is 42.6 Å². The predicted octanol–water partition coefficient (Wildman–Crippen LogP) is 4.19. The first-order valence-electron chi connectivity index (χ1n) is 13.4. The quantitative estimate of drug-likeness (QED) is 0.306. The van der Waals surface area contributed by atoms with Gasteiger partial charge in [-0.25, -0.2) is 19.6 Å². The van der Waals surface area contributed by atoms with Crippen molar-refractivity contribution >= 4 is 51.1 Å². The summed E-state index contributed by atoms with van der Waals surface area (Å²) in [7, 11) is 0. The number of piperidine rings is 1. The number of likely N-dealkylation sites (tertiary alicyclic amines) is 1. The number of halogens is 1. The number of anilines is 3. The highest BCUT2D eigenvalue weighted by atomic mass is 79.9. The summed E-state index contributed by atoms with van der Waals surface area (Å²) in [5.74, 6) is -0.704. The minimum Gasteiger partial charge on any atom is -0.322 e. The molecule has 0 aliphatic carbocycles. The number of pyridine rings is 1. The first kappa shape index (κ1) is 27.5. The van der Waals surface area contributed by atoms with Crippen LogP contribution in [0, 0.1) is 0 Å². The van der Waals surface area contributed by atoms with Gasteiger partial charge >= 0.3 is 6.03 Å². The smallest absolute Gasteiger partial charge is 0.322 e. The van der Waals surface area contributed by atoms with E-state index >= 15 is 0 Å². The van der Waals surface area contributed by atoms with Gasteiger partial charge in [-0.2, -0.15) is 0 Å². The van der Waals surface area contributed by atoms with Crippen LogP contribution in [0.2, 0.25) is 0 Å². The van der Waals surface area contributed by atoms with Gasteiger partial charge in [-0.05, 0) is 77.3 Å². The maximum absolute atomic E-state index is 14.2. The fourth-order valence-electron chi connectivity index (χ4n) is 5.42. The van der Waals surface area contributed by atoms with Crippen molar-refractivity contribution in [1.82, 2.24) is 19.9 Å². The standard InChI is InChI=1S/C30H26BrN7O4/c31-23-7-4-15-32-24(23)19-36-17-13-30(14-18-36)27(41)37(29(42)38(30)28-33-16-12-25(39)35-28)22-10-8-20(9-11-22)26(40)34-21-5-2-1-3-6-21/h1-12,15-16H,13-14,17-19H2,(H,34,40)(H,33,35,39). The van der Waals surface area contributed by atoms with Crippen molar-refractivity contribution in [2.75, 3.05) is 28.2 Å². The molecule has 0 atom stereocenters. The van der Waals surface area contributed by atoms with Crippen LogP contribution in [0.1, 0.15) is 28.9 Å². The summed E-state index contributed by atoms with van der Waals surface area (Å²) in [5, 5.41) is 2.82. The Balaban J connectivity index is 1.27. The number of H-pyrrole nitrogens is 1. The second kappa shape index (κ2) is 11.3. The molecule has 2 fully saturated rings. The van der Waals surface area contributed by atoms with Gasteiger partial charge in [0.2, 0.25) is 5.95 Å². The van der Waals surface area contributed by atoms with Crippen LogP contribution in [0.25, 0.3) is 0 Å². The average Bonchev–Trinajstić information content (AvgIpc) is 3.21. The van der Waals surface area contributed by atoms with Crippen molar-refractivity contribution in [2.24, 2.45) is 0 Å². The van der Waals surface area contributed by atoms with Gasteiger partial charge < -0.3 is 5.32 Å². The maximum Gasteiger partial charge on any atom is 0.339 e. The Labute approximate surface area is 249 Å². The molecular formula is C30H26BrN7O4. The lowest BCUT2D eigenvalue weighted by Crippen LogP contribution is -2.57. The third kappa shape index (κ3) is 5.10. The van der Waals surface area contributed by atoms with E-state index in [0.717, 1.165) is 15.1 Å². The number of aromatic amines is 1. The maximum atomic E-state index is 14.2. The number of imide groups is 1. The molecule has 2 saturated heterocycles. The van der Waals surface area contributed by atoms with Gasteiger partial charge in [-0.15, -0.1) is 0 Å². The van der Waals surface area contributed by atoms with Crippen molar-refractivity contribution in [2.45, 2.75) is 24.9 Å². The molecule has 2 aliphatic heterocycles. The fourth-order valence-corrected chi connectivity index (χ4v) is 5.80. The zero-order chi connectivity index (χ0) is 29.3. The summed E-state index contributed by atoms with van der Waals surface area (Å²) < 4.78 is 0.900. The van der Waals surface area contributed by atoms with Crippen LogP contribution < -0.4 is 20.7 Å². The second-order valence-corrected chi connectivity index (χ2v) is 11.0. The lowest BCUT2D eigenvalue weighted by molar-refractivity contribution is -0.123. The summed E-state index contributed by atoms with van der Waals surface area (Å²) in [6, 6.07) is 19.8. The zero-order valence-corrected chi connectivity index (χ0v) is 24.0. The van der Waals surface area contributed by atoms with Gasteiger partial charge in [0.25, 0.3) is 17.4 Å². The van der Waals surface area contributed by atoms with Crippen LogP contribution in [0.3, 0.4) is 0 Å². The molecule has 2 aromatic heterocycles. The highest BCUT2D eigenvalue weighted by Crippen LogP contribution is 2.41. The number of nitrogens with one attached hydrogen (secondary N) is 2. The number of nitrogens with zero attached hydrogens (tertiary/aromatic N) is 5. The molecule has 42 heavy (non-hydrogen) atoms. The fraction of sp³-hybridized carbons (Fsp3) is 0.200. The average molecular weight is 628 g/mol. The Morgan fingerprint density at radius 1 is 0.905 bits per heavy atom. The third-order valence-corrected chi connectivity index (χ3v) is 8.31. The van der Waals surface area contributed by atoms with Crippen molar-refractivity contribution in [3.05, 3.63) is 111 Å². The largest absolute Gasteiger partial charge is 0.339 e. The van der Waals surface area contributed by atoms with Gasteiger partial charge in [-0.3, -0.25) is 29.3 Å². The predicted molar refractivity (Wildman–Crippen MR) is 160 cm³/mol. The number of carbonyl (C=O) groups excluding carboxylic acids is 3. The number of hydrogen-bond donors (Lipinski definition) is 2. The number of carbonyl (C=O) groups is 3. The molecule has 4 aromatic rings. The first-order chi connectivity index (χ1) is 20.4. The minimum atomic E-state index is -1.24. The van der Waals surface area contributed by atoms with Crippen molar-refractivity contribution in [3.63, 3.8) is 0 Å². The molecule has 4 amide bonds. The summed E-state index contributed by atoms with van der Waals surface area (Å²) >= 11 is 3.54. The molecule has 2 aliphatic rings. The molecule has 0 bridgehead atoms. The van der Waals surface area contributed by atoms with E-state index in [2.05, 4.69) is 41.1 Å². The van der Waals surface area contributed by atoms with Crippen molar-refractivity contribution in [1.29, 1.82) is 0 Å². The number of aromatic nitrogens is 3. The van der Waals surface area contributed by atoms with Gasteiger partial charge in [0.1, 0.15) is 5.54 Å². The normalized spacial score (nSPS) is 16.7. The highest BCUT2D eigenvalue weighted by Gasteiger charge is 2.60. The van der Waals surface area contributed by atoms with Gasteiger partial charge in [0.05, 0.1) is 11.4 Å². The topological polar surface area (TPSA) is 132 Å². The Kier molecular flexibility index (Phi) is 7.40. The molecule has 212 valence electrons. The number of rotatable bonds is 6. The summed E-state index contributed by atoms with van der Waals surface area (Å²) in [6.07, 6.45) is 3.71. The summed E-state index contributed by atoms with van der Waals surface area (Å²) in [5.41, 5.74) is 0.555. The van der Waals surface area contributed by atoms with Crippen molar-refractivity contribution < 1.29 is 14.4 Å². The zero-order valence-electron chi connectivity index (χ0n) is 22.4. The van der Waals surface area contributed by atoms with Crippen LogP contribution in [0.15, 0.2) is 94.5 Å². The molecule has 6 rings (SSSR count). The summed E-state index contributed by atoms with van der Waals surface area (Å²) in [4.78, 5) is 69.0. The number of benzene rings is 2. The Bertz CT molecular complexity index is 1700. The number of amides is 4. The first-order valence-corrected chi connectivity index (χ1v) is 14.2. The summed E-state index contributed by atoms with van der Waals surface area (Å²) in [6.45, 7) is 1.61. The Hall–Kier alpha value is -4.68. The molecule has 2 N–H and O–H groups in total. The molecule has 0 saturated carbocycles. The third-order valence-electron chi connectivity index (χ3n) is 7.59. The van der Waals surface area contributed by atoms with Crippen molar-refractivity contribution in [3.8, 4) is 0 Å². The number of urea groups is 1. The van der Waals surface area contributed by atoms with E-state index in [1.165, 1.54) is 17.2 Å². The molecule has 12 heteroatoms. The Morgan fingerprint density at radius 3 is 2.33 bits per heavy atom. The van der Waals surface area contributed by atoms with Crippen LogP contribution in [0.5, 0.6) is 0 Å². The van der Waals surface area contributed by atoms with E-state index in [1.807, 2.05) is 30.3 Å². The van der Waals surface area contributed by atoms with Crippen LogP contribution in [0.4, 0.5) is 22.1 Å². The van der Waals surface area contributed by atoms with Crippen LogP contribution >= 0.6 is 15.9 Å². The lowest BCUT2D eigenvalue weighted by Gasteiger charge is -2.41. The molecule has 1 spiro atoms. The highest BCUT2D eigenvalue weighted by molar-refractivity contribution is 9.10. The SMILES string of the molecule is O=C(Nc1ccccc1)c1ccc(N2C(=O)N(c3nccc(=O)[nH]3)C3(CCN(Cc4ncccc4Br)CC3)C2=O)cc1. The molecule has 4 heterocycles. The van der Waals surface area contributed by atoms with Crippen LogP contribution in [-0.4, -0.2) is 56.3 Å². The lowest BCUT2D eigenvalue weighted by atomic mass is 9.85. The monoisotopic (exact) mass is 627 g/mol. The number of hydrogen-bond acceptors (Lipinski definition) is 7. The second-order valence-electron chi connectivity index (χ2n) is 10.1. The van der Waals surface area contributed by atoms with Crippen LogP contribution in [-0.2, 0) is 11.3 Å². The molecule has 11 nitrogen and oxygen atoms in total. The number of para-hydroxylation sites is 1. The van der Waals surface area contributed by atoms with Gasteiger partial charge in [-0.1, -0.05) is 18.2 Å². The van der Waals surface area contributed by atoms with E-state index < -0.39 is 23.0 Å². The van der Waals surface area contributed by atoms with Gasteiger partial charge in [0.15, 0.2) is 0 Å². The molecule has 2 aromatic carbocycles.